The molecule has 0 spiro atoms. The molecule has 1 aromatic heterocycles. The number of rotatable bonds is 1. The Morgan fingerprint density at radius 1 is 1.25 bits per heavy atom. The predicted molar refractivity (Wildman–Crippen MR) is 79.7 cm³/mol. The van der Waals surface area contributed by atoms with Crippen LogP contribution in [0.2, 0.25) is 0 Å². The third-order valence-electron chi connectivity index (χ3n) is 5.00. The van der Waals surface area contributed by atoms with E-state index in [4.69, 9.17) is 5.73 Å². The lowest BCUT2D eigenvalue weighted by molar-refractivity contribution is -0.0613. The lowest BCUT2D eigenvalue weighted by atomic mass is 9.71. The van der Waals surface area contributed by atoms with Crippen LogP contribution in [0, 0.1) is 19.8 Å². The number of anilines is 2. The van der Waals surface area contributed by atoms with Gasteiger partial charge in [-0.3, -0.25) is 0 Å². The molecule has 0 amide bonds. The number of aliphatic hydroxyl groups is 1. The highest BCUT2D eigenvalue weighted by atomic mass is 16.3. The van der Waals surface area contributed by atoms with Crippen LogP contribution in [0.15, 0.2) is 0 Å². The molecule has 2 heterocycles. The van der Waals surface area contributed by atoms with Crippen molar-refractivity contribution in [2.75, 3.05) is 23.7 Å². The fourth-order valence-electron chi connectivity index (χ4n) is 3.71. The summed E-state index contributed by atoms with van der Waals surface area (Å²) in [6.45, 7) is 5.59. The number of nitrogen functional groups attached to an aromatic ring is 1. The summed E-state index contributed by atoms with van der Waals surface area (Å²) >= 11 is 0. The number of piperidine rings is 1. The van der Waals surface area contributed by atoms with Gasteiger partial charge in [0, 0.05) is 24.6 Å². The quantitative estimate of drug-likeness (QED) is 0.818. The van der Waals surface area contributed by atoms with Crippen LogP contribution in [0.5, 0.6) is 0 Å². The first-order valence-corrected chi connectivity index (χ1v) is 7.58. The Kier molecular flexibility index (Phi) is 3.32. The Morgan fingerprint density at radius 3 is 2.85 bits per heavy atom. The zero-order valence-corrected chi connectivity index (χ0v) is 12.4. The fourth-order valence-corrected chi connectivity index (χ4v) is 3.71. The fraction of sp³-hybridized carbons (Fsp3) is 0.733. The molecule has 3 rings (SSSR count). The minimum atomic E-state index is -0.448. The highest BCUT2D eigenvalue weighted by molar-refractivity contribution is 5.56. The van der Waals surface area contributed by atoms with E-state index in [-0.39, 0.29) is 0 Å². The first kappa shape index (κ1) is 13.6. The number of aromatic nitrogens is 2. The summed E-state index contributed by atoms with van der Waals surface area (Å²) in [5, 5.41) is 10.8. The normalized spacial score (nSPS) is 30.1. The van der Waals surface area contributed by atoms with Crippen molar-refractivity contribution in [3.63, 3.8) is 0 Å². The molecule has 1 aliphatic carbocycles. The highest BCUT2D eigenvalue weighted by Crippen LogP contribution is 2.41. The van der Waals surface area contributed by atoms with Crippen LogP contribution in [0.1, 0.15) is 43.5 Å². The summed E-state index contributed by atoms with van der Waals surface area (Å²) in [6.07, 6.45) is 5.29. The van der Waals surface area contributed by atoms with Crippen LogP contribution in [-0.2, 0) is 0 Å². The second-order valence-electron chi connectivity index (χ2n) is 6.35. The molecule has 110 valence electrons. The molecule has 1 aliphatic heterocycles. The van der Waals surface area contributed by atoms with Crippen LogP contribution in [0.4, 0.5) is 11.6 Å². The van der Waals surface area contributed by atoms with Crippen LogP contribution in [0.25, 0.3) is 0 Å². The third kappa shape index (κ3) is 2.24. The van der Waals surface area contributed by atoms with Crippen molar-refractivity contribution in [2.45, 2.75) is 51.6 Å². The molecule has 1 aromatic rings. The second-order valence-corrected chi connectivity index (χ2v) is 6.35. The van der Waals surface area contributed by atoms with Crippen LogP contribution in [-0.4, -0.2) is 33.8 Å². The van der Waals surface area contributed by atoms with E-state index in [9.17, 15) is 5.11 Å². The summed E-state index contributed by atoms with van der Waals surface area (Å²) in [6, 6.07) is 0. The molecule has 0 bridgehead atoms. The Labute approximate surface area is 120 Å². The highest BCUT2D eigenvalue weighted by Gasteiger charge is 2.43. The SMILES string of the molecule is Cc1nc(N)c(C)c(N2CCC3(O)CCCCC3C2)n1. The monoisotopic (exact) mass is 276 g/mol. The van der Waals surface area contributed by atoms with Gasteiger partial charge in [-0.15, -0.1) is 0 Å². The maximum atomic E-state index is 10.8. The van der Waals surface area contributed by atoms with Crippen molar-refractivity contribution in [1.29, 1.82) is 0 Å². The topological polar surface area (TPSA) is 75.3 Å². The van der Waals surface area contributed by atoms with E-state index < -0.39 is 5.60 Å². The molecular formula is C15H24N4O. The summed E-state index contributed by atoms with van der Waals surface area (Å²) in [4.78, 5) is 11.1. The zero-order valence-electron chi connectivity index (χ0n) is 12.4. The van der Waals surface area contributed by atoms with E-state index in [0.29, 0.717) is 17.6 Å². The van der Waals surface area contributed by atoms with E-state index >= 15 is 0 Å². The average molecular weight is 276 g/mol. The van der Waals surface area contributed by atoms with Crippen LogP contribution < -0.4 is 10.6 Å². The molecule has 0 radical (unpaired) electrons. The molecular weight excluding hydrogens is 252 g/mol. The van der Waals surface area contributed by atoms with Crippen LogP contribution >= 0.6 is 0 Å². The molecule has 1 saturated carbocycles. The van der Waals surface area contributed by atoms with Crippen molar-refractivity contribution >= 4 is 11.6 Å². The molecule has 2 fully saturated rings. The number of fused-ring (bicyclic) bond motifs is 1. The number of nitrogens with zero attached hydrogens (tertiary/aromatic N) is 3. The zero-order chi connectivity index (χ0) is 14.3. The first-order chi connectivity index (χ1) is 9.49. The minimum Gasteiger partial charge on any atom is -0.389 e. The minimum absolute atomic E-state index is 0.362. The van der Waals surface area contributed by atoms with Gasteiger partial charge in [0.1, 0.15) is 17.5 Å². The summed E-state index contributed by atoms with van der Waals surface area (Å²) in [5.41, 5.74) is 6.47. The predicted octanol–water partition coefficient (Wildman–Crippen LogP) is 1.81. The Morgan fingerprint density at radius 2 is 2.05 bits per heavy atom. The molecule has 2 aliphatic rings. The Bertz CT molecular complexity index is 519. The Balaban J connectivity index is 1.86. The van der Waals surface area contributed by atoms with Gasteiger partial charge in [0.25, 0.3) is 0 Å². The van der Waals surface area contributed by atoms with Crippen molar-refractivity contribution in [3.8, 4) is 0 Å². The summed E-state index contributed by atoms with van der Waals surface area (Å²) in [5.74, 6) is 2.59. The Hall–Kier alpha value is -1.36. The molecule has 5 nitrogen and oxygen atoms in total. The molecule has 2 atom stereocenters. The van der Waals surface area contributed by atoms with Gasteiger partial charge < -0.3 is 15.7 Å². The van der Waals surface area contributed by atoms with Crippen molar-refractivity contribution < 1.29 is 5.11 Å². The van der Waals surface area contributed by atoms with Gasteiger partial charge >= 0.3 is 0 Å². The van der Waals surface area contributed by atoms with Gasteiger partial charge in [-0.1, -0.05) is 12.8 Å². The molecule has 5 heteroatoms. The maximum Gasteiger partial charge on any atom is 0.137 e. The van der Waals surface area contributed by atoms with E-state index in [1.165, 1.54) is 6.42 Å². The van der Waals surface area contributed by atoms with Crippen molar-refractivity contribution in [2.24, 2.45) is 5.92 Å². The molecule has 20 heavy (non-hydrogen) atoms. The van der Waals surface area contributed by atoms with Crippen molar-refractivity contribution in [1.82, 2.24) is 9.97 Å². The lowest BCUT2D eigenvalue weighted by Crippen LogP contribution is -2.53. The van der Waals surface area contributed by atoms with Gasteiger partial charge in [-0.05, 0) is 33.1 Å². The van der Waals surface area contributed by atoms with E-state index in [1.807, 2.05) is 13.8 Å². The second kappa shape index (κ2) is 4.88. The molecule has 0 aromatic carbocycles. The average Bonchev–Trinajstić information content (AvgIpc) is 2.42. The summed E-state index contributed by atoms with van der Waals surface area (Å²) in [7, 11) is 0. The van der Waals surface area contributed by atoms with Gasteiger partial charge in [0.15, 0.2) is 0 Å². The molecule has 3 N–H and O–H groups in total. The van der Waals surface area contributed by atoms with E-state index in [0.717, 1.165) is 50.2 Å². The number of hydrogen-bond acceptors (Lipinski definition) is 5. The van der Waals surface area contributed by atoms with Gasteiger partial charge in [-0.25, -0.2) is 9.97 Å². The van der Waals surface area contributed by atoms with Gasteiger partial charge in [0.2, 0.25) is 0 Å². The molecule has 1 saturated heterocycles. The third-order valence-corrected chi connectivity index (χ3v) is 5.00. The maximum absolute atomic E-state index is 10.8. The van der Waals surface area contributed by atoms with E-state index in [1.54, 1.807) is 0 Å². The largest absolute Gasteiger partial charge is 0.389 e. The van der Waals surface area contributed by atoms with Crippen molar-refractivity contribution in [3.05, 3.63) is 11.4 Å². The smallest absolute Gasteiger partial charge is 0.137 e. The number of aryl methyl sites for hydroxylation is 1. The first-order valence-electron chi connectivity index (χ1n) is 7.58. The number of nitrogens with two attached hydrogens (primary N) is 1. The van der Waals surface area contributed by atoms with Crippen LogP contribution in [0.3, 0.4) is 0 Å². The number of hydrogen-bond donors (Lipinski definition) is 2. The van der Waals surface area contributed by atoms with Gasteiger partial charge in [-0.2, -0.15) is 0 Å². The van der Waals surface area contributed by atoms with Gasteiger partial charge in [0.05, 0.1) is 5.60 Å². The lowest BCUT2D eigenvalue weighted by Gasteiger charge is -2.48. The summed E-state index contributed by atoms with van der Waals surface area (Å²) < 4.78 is 0. The van der Waals surface area contributed by atoms with E-state index in [2.05, 4.69) is 14.9 Å². The molecule has 2 unspecified atom stereocenters. The standard InChI is InChI=1S/C15H24N4O/c1-10-13(16)17-11(2)18-14(10)19-8-7-15(20)6-4-3-5-12(15)9-19/h12,20H,3-9H2,1-2H3,(H2,16,17,18).